The Hall–Kier alpha value is 0. The third-order valence-corrected chi connectivity index (χ3v) is 4.29. The molecule has 1 fully saturated rings. The van der Waals surface area contributed by atoms with Crippen LogP contribution in [-0.2, 0) is 0 Å². The van der Waals surface area contributed by atoms with Gasteiger partial charge in [0.15, 0.2) is 0 Å². The molecule has 0 saturated heterocycles. The van der Waals surface area contributed by atoms with E-state index in [0.29, 0.717) is 0 Å². The summed E-state index contributed by atoms with van der Waals surface area (Å²) in [5.41, 5.74) is 0. The maximum atomic E-state index is 2.50. The van der Waals surface area contributed by atoms with Crippen molar-refractivity contribution in [3.8, 4) is 0 Å². The maximum absolute atomic E-state index is 2.50. The van der Waals surface area contributed by atoms with Gasteiger partial charge in [-0.05, 0) is 29.6 Å². The second-order valence-corrected chi connectivity index (χ2v) is 5.97. The van der Waals surface area contributed by atoms with Crippen molar-refractivity contribution in [2.75, 3.05) is 0 Å². The van der Waals surface area contributed by atoms with Crippen molar-refractivity contribution in [1.82, 2.24) is 0 Å². The molecule has 98 valence electrons. The Labute approximate surface area is 104 Å². The summed E-state index contributed by atoms with van der Waals surface area (Å²) in [6, 6.07) is 0. The molecule has 0 heterocycles. The highest BCUT2D eigenvalue weighted by Crippen LogP contribution is 2.40. The lowest BCUT2D eigenvalue weighted by Gasteiger charge is -2.34. The Morgan fingerprint density at radius 3 is 1.44 bits per heavy atom. The first-order chi connectivity index (χ1) is 7.54. The van der Waals surface area contributed by atoms with E-state index in [-0.39, 0.29) is 0 Å². The fraction of sp³-hybridized carbons (Fsp3) is 1.00. The zero-order valence-electron chi connectivity index (χ0n) is 12.7. The van der Waals surface area contributed by atoms with Gasteiger partial charge in [-0.2, -0.15) is 0 Å². The van der Waals surface area contributed by atoms with Crippen LogP contribution < -0.4 is 0 Å². The van der Waals surface area contributed by atoms with Crippen LogP contribution in [0.2, 0.25) is 0 Å². The molecule has 1 atom stereocenters. The van der Waals surface area contributed by atoms with Crippen molar-refractivity contribution in [1.29, 1.82) is 0 Å². The van der Waals surface area contributed by atoms with Crippen LogP contribution in [0.5, 0.6) is 0 Å². The molecule has 0 aromatic carbocycles. The summed E-state index contributed by atoms with van der Waals surface area (Å²) in [7, 11) is 0. The van der Waals surface area contributed by atoms with Crippen LogP contribution in [0.15, 0.2) is 0 Å². The molecule has 0 heteroatoms. The van der Waals surface area contributed by atoms with Gasteiger partial charge in [-0.15, -0.1) is 0 Å². The zero-order valence-corrected chi connectivity index (χ0v) is 12.7. The normalized spacial score (nSPS) is 19.1. The average Bonchev–Trinajstić information content (AvgIpc) is 2.72. The summed E-state index contributed by atoms with van der Waals surface area (Å²) in [5.74, 6) is 4.61. The molecule has 0 amide bonds. The summed E-state index contributed by atoms with van der Waals surface area (Å²) >= 11 is 0. The molecule has 1 aliphatic rings. The summed E-state index contributed by atoms with van der Waals surface area (Å²) in [4.78, 5) is 0. The van der Waals surface area contributed by atoms with Gasteiger partial charge < -0.3 is 0 Å². The predicted molar refractivity (Wildman–Crippen MR) is 75.6 cm³/mol. The minimum Gasteiger partial charge on any atom is -0.0683 e. The molecule has 0 aromatic heterocycles. The number of hydrogen-bond donors (Lipinski definition) is 0. The highest BCUT2D eigenvalue weighted by Gasteiger charge is 2.31. The molecule has 0 bridgehead atoms. The van der Waals surface area contributed by atoms with Gasteiger partial charge in [0.25, 0.3) is 0 Å². The lowest BCUT2D eigenvalue weighted by Crippen LogP contribution is -2.27. The second kappa shape index (κ2) is 8.14. The minimum atomic E-state index is 0.852. The van der Waals surface area contributed by atoms with Gasteiger partial charge in [0, 0.05) is 0 Å². The Morgan fingerprint density at radius 1 is 0.750 bits per heavy atom. The van der Waals surface area contributed by atoms with E-state index in [9.17, 15) is 0 Å². The van der Waals surface area contributed by atoms with Crippen molar-refractivity contribution in [3.63, 3.8) is 0 Å². The first kappa shape index (κ1) is 16.0. The van der Waals surface area contributed by atoms with Gasteiger partial charge in [-0.25, -0.2) is 0 Å². The van der Waals surface area contributed by atoms with Gasteiger partial charge in [-0.3, -0.25) is 0 Å². The maximum Gasteiger partial charge on any atom is -0.0340 e. The highest BCUT2D eigenvalue weighted by atomic mass is 14.4. The average molecular weight is 226 g/mol. The summed E-state index contributed by atoms with van der Waals surface area (Å²) in [5, 5.41) is 0. The van der Waals surface area contributed by atoms with Crippen LogP contribution in [0.3, 0.4) is 0 Å². The van der Waals surface area contributed by atoms with Gasteiger partial charge in [-0.1, -0.05) is 74.1 Å². The zero-order chi connectivity index (χ0) is 12.7. The van der Waals surface area contributed by atoms with E-state index in [1.165, 1.54) is 25.7 Å². The molecule has 1 aliphatic carbocycles. The molecule has 0 spiro atoms. The van der Waals surface area contributed by atoms with E-state index < -0.39 is 0 Å². The van der Waals surface area contributed by atoms with E-state index in [2.05, 4.69) is 34.6 Å². The van der Waals surface area contributed by atoms with Crippen LogP contribution in [0, 0.1) is 29.6 Å². The van der Waals surface area contributed by atoms with Gasteiger partial charge >= 0.3 is 0 Å². The van der Waals surface area contributed by atoms with Crippen LogP contribution >= 0.6 is 0 Å². The topological polar surface area (TPSA) is 0 Å². The summed E-state index contributed by atoms with van der Waals surface area (Å²) < 4.78 is 0. The van der Waals surface area contributed by atoms with Crippen molar-refractivity contribution in [3.05, 3.63) is 0 Å². The van der Waals surface area contributed by atoms with E-state index in [1.807, 2.05) is 13.8 Å². The highest BCUT2D eigenvalue weighted by molar-refractivity contribution is 4.81. The third-order valence-electron chi connectivity index (χ3n) is 4.29. The van der Waals surface area contributed by atoms with Crippen molar-refractivity contribution in [2.24, 2.45) is 29.6 Å². The molecule has 1 rings (SSSR count). The SMILES string of the molecule is CC.CC(C)C(C(C)C)C(C)C1CCCC1. The monoisotopic (exact) mass is 226 g/mol. The minimum absolute atomic E-state index is 0.852. The lowest BCUT2D eigenvalue weighted by atomic mass is 9.71. The van der Waals surface area contributed by atoms with Crippen LogP contribution in [-0.4, -0.2) is 0 Å². The molecule has 1 saturated carbocycles. The van der Waals surface area contributed by atoms with Gasteiger partial charge in [0.1, 0.15) is 0 Å². The molecule has 1 unspecified atom stereocenters. The van der Waals surface area contributed by atoms with Crippen LogP contribution in [0.25, 0.3) is 0 Å². The molecule has 16 heavy (non-hydrogen) atoms. The quantitative estimate of drug-likeness (QED) is 0.571. The Kier molecular flexibility index (Phi) is 8.14. The summed E-state index contributed by atoms with van der Waals surface area (Å²) in [6.45, 7) is 16.1. The third kappa shape index (κ3) is 4.47. The predicted octanol–water partition coefficient (Wildman–Crippen LogP) is 5.77. The van der Waals surface area contributed by atoms with Crippen molar-refractivity contribution < 1.29 is 0 Å². The van der Waals surface area contributed by atoms with Crippen molar-refractivity contribution in [2.45, 2.75) is 74.1 Å². The first-order valence-corrected chi connectivity index (χ1v) is 7.54. The van der Waals surface area contributed by atoms with E-state index >= 15 is 0 Å². The van der Waals surface area contributed by atoms with E-state index in [1.54, 1.807) is 0 Å². The fourth-order valence-corrected chi connectivity index (χ4v) is 3.78. The van der Waals surface area contributed by atoms with Crippen LogP contribution in [0.1, 0.15) is 74.1 Å². The molecule has 0 nitrogen and oxygen atoms in total. The molecule has 0 aliphatic heterocycles. The van der Waals surface area contributed by atoms with Gasteiger partial charge in [0.2, 0.25) is 0 Å². The Bertz CT molecular complexity index is 143. The Balaban J connectivity index is 0.00000106. The Morgan fingerprint density at radius 2 is 1.12 bits per heavy atom. The lowest BCUT2D eigenvalue weighted by molar-refractivity contribution is 0.145. The van der Waals surface area contributed by atoms with Crippen LogP contribution in [0.4, 0.5) is 0 Å². The fourth-order valence-electron chi connectivity index (χ4n) is 3.78. The summed E-state index contributed by atoms with van der Waals surface area (Å²) in [6.07, 6.45) is 5.96. The molecule has 0 aromatic rings. The first-order valence-electron chi connectivity index (χ1n) is 7.54. The van der Waals surface area contributed by atoms with E-state index in [4.69, 9.17) is 0 Å². The second-order valence-electron chi connectivity index (χ2n) is 5.97. The molecule has 0 N–H and O–H groups in total. The smallest absolute Gasteiger partial charge is 0.0340 e. The largest absolute Gasteiger partial charge is 0.0683 e. The number of hydrogen-bond acceptors (Lipinski definition) is 0. The standard InChI is InChI=1S/C14H28.C2H6/c1-10(2)14(11(3)4)12(5)13-8-6-7-9-13;1-2/h10-14H,6-9H2,1-5H3;1-2H3. The molecular weight excluding hydrogens is 192 g/mol. The van der Waals surface area contributed by atoms with Crippen molar-refractivity contribution >= 4 is 0 Å². The van der Waals surface area contributed by atoms with E-state index in [0.717, 1.165) is 29.6 Å². The molecular formula is C16H34. The molecule has 0 radical (unpaired) electrons. The van der Waals surface area contributed by atoms with Gasteiger partial charge in [0.05, 0.1) is 0 Å². The number of rotatable bonds is 4.